The van der Waals surface area contributed by atoms with E-state index in [0.29, 0.717) is 10.0 Å². The molecule has 0 fully saturated rings. The van der Waals surface area contributed by atoms with Gasteiger partial charge in [-0.1, -0.05) is 46.9 Å². The first kappa shape index (κ1) is 17.3. The van der Waals surface area contributed by atoms with E-state index in [2.05, 4.69) is 4.98 Å². The summed E-state index contributed by atoms with van der Waals surface area (Å²) in [6.07, 6.45) is 0. The lowest BCUT2D eigenvalue weighted by Crippen LogP contribution is -2.14. The zero-order chi connectivity index (χ0) is 17.1. The molecule has 0 aliphatic carbocycles. The number of benzene rings is 2. The molecule has 0 bridgehead atoms. The number of halogens is 3. The third-order valence-corrected chi connectivity index (χ3v) is 5.04. The van der Waals surface area contributed by atoms with Crippen LogP contribution >= 0.6 is 46.1 Å². The fourth-order valence-corrected chi connectivity index (χ4v) is 3.39. The molecule has 0 saturated heterocycles. The second-order valence-electron chi connectivity index (χ2n) is 4.72. The van der Waals surface area contributed by atoms with Crippen LogP contribution in [0.15, 0.2) is 36.4 Å². The highest BCUT2D eigenvalue weighted by Crippen LogP contribution is 2.33. The molecule has 0 saturated carbocycles. The van der Waals surface area contributed by atoms with Crippen LogP contribution in [0.5, 0.6) is 5.75 Å². The first-order valence-corrected chi connectivity index (χ1v) is 8.75. The van der Waals surface area contributed by atoms with E-state index in [0.717, 1.165) is 15.2 Å². The van der Waals surface area contributed by atoms with Crippen molar-refractivity contribution in [3.8, 4) is 5.75 Å². The molecule has 0 aliphatic rings. The van der Waals surface area contributed by atoms with E-state index >= 15 is 0 Å². The number of rotatable bonds is 5. The van der Waals surface area contributed by atoms with Crippen molar-refractivity contribution in [2.24, 2.45) is 0 Å². The highest BCUT2D eigenvalue weighted by atomic mass is 35.5. The van der Waals surface area contributed by atoms with Gasteiger partial charge in [-0.2, -0.15) is 0 Å². The number of nitrogens with zero attached hydrogens (tertiary/aromatic N) is 1. The molecule has 3 rings (SSSR count). The molecule has 0 spiro atoms. The van der Waals surface area contributed by atoms with Crippen LogP contribution in [0.25, 0.3) is 10.2 Å². The van der Waals surface area contributed by atoms with Crippen molar-refractivity contribution in [1.82, 2.24) is 4.98 Å². The Kier molecular flexibility index (Phi) is 5.46. The lowest BCUT2D eigenvalue weighted by Gasteiger charge is -2.08. The van der Waals surface area contributed by atoms with Gasteiger partial charge in [0.2, 0.25) is 0 Å². The number of esters is 1. The van der Waals surface area contributed by atoms with Gasteiger partial charge in [-0.3, -0.25) is 0 Å². The zero-order valence-electron chi connectivity index (χ0n) is 12.1. The van der Waals surface area contributed by atoms with Crippen molar-refractivity contribution < 1.29 is 14.3 Å². The first-order valence-electron chi connectivity index (χ1n) is 6.80. The summed E-state index contributed by atoms with van der Waals surface area (Å²) < 4.78 is 11.5. The number of para-hydroxylation sites is 1. The number of hydrogen-bond donors (Lipinski definition) is 0. The highest BCUT2D eigenvalue weighted by molar-refractivity contribution is 7.18. The van der Waals surface area contributed by atoms with Crippen LogP contribution in [0, 0.1) is 0 Å². The van der Waals surface area contributed by atoms with E-state index < -0.39 is 5.97 Å². The Hall–Kier alpha value is -1.53. The summed E-state index contributed by atoms with van der Waals surface area (Å²) in [7, 11) is 0. The predicted molar refractivity (Wildman–Crippen MR) is 96.4 cm³/mol. The maximum atomic E-state index is 11.8. The summed E-state index contributed by atoms with van der Waals surface area (Å²) in [6, 6.07) is 10.6. The monoisotopic (exact) mass is 401 g/mol. The molecule has 3 aromatic rings. The van der Waals surface area contributed by atoms with Crippen LogP contribution in [0.2, 0.25) is 15.1 Å². The van der Waals surface area contributed by atoms with Crippen molar-refractivity contribution >= 4 is 62.3 Å². The second kappa shape index (κ2) is 7.57. The van der Waals surface area contributed by atoms with Gasteiger partial charge in [-0.15, -0.1) is 11.3 Å². The number of fused-ring (bicyclic) bond motifs is 1. The summed E-state index contributed by atoms with van der Waals surface area (Å²) in [5.74, 6) is -0.264. The maximum Gasteiger partial charge on any atom is 0.344 e. The average molecular weight is 403 g/mol. The summed E-state index contributed by atoms with van der Waals surface area (Å²) >= 11 is 19.2. The molecule has 0 aliphatic heterocycles. The average Bonchev–Trinajstić information content (AvgIpc) is 2.98. The summed E-state index contributed by atoms with van der Waals surface area (Å²) in [5.41, 5.74) is 0.882. The Morgan fingerprint density at radius 2 is 1.83 bits per heavy atom. The Labute approximate surface area is 156 Å². The third-order valence-electron chi connectivity index (χ3n) is 3.02. The predicted octanol–water partition coefficient (Wildman–Crippen LogP) is 5.38. The number of thiazole rings is 1. The summed E-state index contributed by atoms with van der Waals surface area (Å²) in [6.45, 7) is -0.195. The van der Waals surface area contributed by atoms with E-state index in [4.69, 9.17) is 44.3 Å². The molecule has 0 atom stereocenters. The number of aromatic nitrogens is 1. The molecule has 0 amide bonds. The van der Waals surface area contributed by atoms with Gasteiger partial charge < -0.3 is 9.47 Å². The minimum atomic E-state index is -0.531. The van der Waals surface area contributed by atoms with Crippen LogP contribution in [0.4, 0.5) is 0 Å². The van der Waals surface area contributed by atoms with Gasteiger partial charge in [0.15, 0.2) is 6.61 Å². The molecule has 1 heterocycles. The van der Waals surface area contributed by atoms with Gasteiger partial charge >= 0.3 is 5.97 Å². The van der Waals surface area contributed by atoms with Crippen molar-refractivity contribution in [1.29, 1.82) is 0 Å². The maximum absolute atomic E-state index is 11.8. The lowest BCUT2D eigenvalue weighted by molar-refractivity contribution is -0.147. The van der Waals surface area contributed by atoms with Crippen molar-refractivity contribution in [3.05, 3.63) is 56.5 Å². The number of carbonyl (C=O) groups is 1. The van der Waals surface area contributed by atoms with Gasteiger partial charge in [-0.05, 0) is 18.2 Å². The first-order chi connectivity index (χ1) is 11.5. The van der Waals surface area contributed by atoms with Gasteiger partial charge in [0.05, 0.1) is 25.3 Å². The smallest absolute Gasteiger partial charge is 0.344 e. The van der Waals surface area contributed by atoms with Gasteiger partial charge in [0, 0.05) is 6.07 Å². The quantitative estimate of drug-likeness (QED) is 0.425. The number of hydrogen-bond acceptors (Lipinski definition) is 5. The molecular weight excluding hydrogens is 393 g/mol. The molecule has 24 heavy (non-hydrogen) atoms. The molecule has 1 aromatic heterocycles. The molecule has 0 N–H and O–H groups in total. The van der Waals surface area contributed by atoms with Crippen LogP contribution in [-0.2, 0) is 16.1 Å². The zero-order valence-corrected chi connectivity index (χ0v) is 15.2. The molecule has 2 aromatic carbocycles. The second-order valence-corrected chi connectivity index (χ2v) is 7.06. The van der Waals surface area contributed by atoms with Crippen LogP contribution < -0.4 is 4.74 Å². The Morgan fingerprint density at radius 1 is 1.08 bits per heavy atom. The van der Waals surface area contributed by atoms with E-state index in [-0.39, 0.29) is 24.0 Å². The van der Waals surface area contributed by atoms with Crippen molar-refractivity contribution in [2.45, 2.75) is 6.61 Å². The molecule has 8 heteroatoms. The van der Waals surface area contributed by atoms with Crippen molar-refractivity contribution in [3.63, 3.8) is 0 Å². The Morgan fingerprint density at radius 3 is 2.62 bits per heavy atom. The topological polar surface area (TPSA) is 48.4 Å². The molecule has 4 nitrogen and oxygen atoms in total. The van der Waals surface area contributed by atoms with E-state index in [1.165, 1.54) is 23.5 Å². The standard InChI is InChI=1S/C16H10Cl3NO3S/c17-9-5-11(19)13(6-10(9)18)22-8-16(21)23-7-15-20-12-3-1-2-4-14(12)24-15/h1-6H,7-8H2. The normalized spacial score (nSPS) is 10.8. The SMILES string of the molecule is O=C(COc1cc(Cl)c(Cl)cc1Cl)OCc1nc2ccccc2s1. The minimum Gasteiger partial charge on any atom is -0.480 e. The lowest BCUT2D eigenvalue weighted by atomic mass is 10.3. The van der Waals surface area contributed by atoms with Crippen LogP contribution in [0.3, 0.4) is 0 Å². The fraction of sp³-hybridized carbons (Fsp3) is 0.125. The van der Waals surface area contributed by atoms with Crippen molar-refractivity contribution in [2.75, 3.05) is 6.61 Å². The van der Waals surface area contributed by atoms with Crippen LogP contribution in [0.1, 0.15) is 5.01 Å². The number of carbonyl (C=O) groups excluding carboxylic acids is 1. The molecule has 0 radical (unpaired) electrons. The Balaban J connectivity index is 1.55. The summed E-state index contributed by atoms with van der Waals surface area (Å²) in [4.78, 5) is 16.2. The third kappa shape index (κ3) is 4.11. The molecule has 124 valence electrons. The molecular formula is C16H10Cl3NO3S. The van der Waals surface area contributed by atoms with E-state index in [1.54, 1.807) is 0 Å². The highest BCUT2D eigenvalue weighted by Gasteiger charge is 2.11. The van der Waals surface area contributed by atoms with Crippen LogP contribution in [-0.4, -0.2) is 17.6 Å². The van der Waals surface area contributed by atoms with Gasteiger partial charge in [-0.25, -0.2) is 9.78 Å². The molecule has 0 unspecified atom stereocenters. The summed E-state index contributed by atoms with van der Waals surface area (Å²) in [5, 5.41) is 1.59. The minimum absolute atomic E-state index is 0.0939. The van der Waals surface area contributed by atoms with Gasteiger partial charge in [0.1, 0.15) is 17.4 Å². The fourth-order valence-electron chi connectivity index (χ4n) is 1.92. The number of ether oxygens (including phenoxy) is 2. The van der Waals surface area contributed by atoms with Gasteiger partial charge in [0.25, 0.3) is 0 Å². The van der Waals surface area contributed by atoms with E-state index in [9.17, 15) is 4.79 Å². The van der Waals surface area contributed by atoms with E-state index in [1.807, 2.05) is 24.3 Å². The largest absolute Gasteiger partial charge is 0.480 e. The Bertz CT molecular complexity index is 864.